The molecule has 0 aromatic heterocycles. The maximum Gasteiger partial charge on any atom is 0.367 e. The van der Waals surface area contributed by atoms with Crippen molar-refractivity contribution < 1.29 is 18.3 Å². The molecule has 1 rings (SSSR count). The third-order valence-electron chi connectivity index (χ3n) is 2.16. The van der Waals surface area contributed by atoms with Gasteiger partial charge in [0, 0.05) is 19.9 Å². The highest BCUT2D eigenvalue weighted by atomic mass is 35.5. The lowest BCUT2D eigenvalue weighted by atomic mass is 10.3. The Kier molecular flexibility index (Phi) is 5.28. The molecule has 17 heavy (non-hydrogen) atoms. The van der Waals surface area contributed by atoms with Crippen LogP contribution in [-0.2, 0) is 13.6 Å². The fraction of sp³-hybridized carbons (Fsp3) is 0.400. The maximum atomic E-state index is 11.9. The molecule has 1 N–H and O–H groups in total. The summed E-state index contributed by atoms with van der Waals surface area (Å²) < 4.78 is 26.5. The predicted octanol–water partition coefficient (Wildman–Crippen LogP) is 3.12. The summed E-state index contributed by atoms with van der Waals surface area (Å²) in [6.07, 6.45) is 0. The summed E-state index contributed by atoms with van der Waals surface area (Å²) >= 11 is 5.94. The van der Waals surface area contributed by atoms with Gasteiger partial charge in [0.05, 0.1) is 7.11 Å². The minimum absolute atomic E-state index is 0.695. The van der Waals surface area contributed by atoms with Gasteiger partial charge < -0.3 is 19.1 Å². The second-order valence-corrected chi connectivity index (χ2v) is 6.18. The van der Waals surface area contributed by atoms with E-state index in [-0.39, 0.29) is 0 Å². The van der Waals surface area contributed by atoms with Crippen LogP contribution in [0.3, 0.4) is 0 Å². The minimum atomic E-state index is -3.33. The zero-order valence-electron chi connectivity index (χ0n) is 9.84. The van der Waals surface area contributed by atoms with E-state index in [1.165, 1.54) is 14.2 Å². The highest BCUT2D eigenvalue weighted by molar-refractivity contribution is 7.56. The lowest BCUT2D eigenvalue weighted by molar-refractivity contribution is 0.275. The standard InChI is InChI=1S/C10H15ClNO4P/c1-14-9-6-4-8(5-7-9)12-10(11)17(13,15-2)16-3/h4-7,10,12H,1-3H3/t10-/m1/s1. The van der Waals surface area contributed by atoms with Crippen LogP contribution in [-0.4, -0.2) is 26.6 Å². The molecule has 0 aliphatic heterocycles. The fourth-order valence-corrected chi connectivity index (χ4v) is 2.59. The Labute approximate surface area is 106 Å². The first kappa shape index (κ1) is 14.3. The molecule has 0 unspecified atom stereocenters. The summed E-state index contributed by atoms with van der Waals surface area (Å²) in [5.41, 5.74) is 0.695. The summed E-state index contributed by atoms with van der Waals surface area (Å²) in [6.45, 7) is 0. The molecular weight excluding hydrogens is 265 g/mol. The van der Waals surface area contributed by atoms with Gasteiger partial charge >= 0.3 is 7.60 Å². The monoisotopic (exact) mass is 279 g/mol. The van der Waals surface area contributed by atoms with Crippen LogP contribution in [0.25, 0.3) is 0 Å². The van der Waals surface area contributed by atoms with Crippen LogP contribution in [0.1, 0.15) is 0 Å². The van der Waals surface area contributed by atoms with E-state index in [1.807, 2.05) is 0 Å². The number of benzene rings is 1. The fourth-order valence-electron chi connectivity index (χ4n) is 1.16. The predicted molar refractivity (Wildman–Crippen MR) is 67.9 cm³/mol. The molecule has 0 amide bonds. The van der Waals surface area contributed by atoms with E-state index in [1.54, 1.807) is 31.4 Å². The number of hydrogen-bond donors (Lipinski definition) is 1. The quantitative estimate of drug-likeness (QED) is 0.492. The number of nitrogens with one attached hydrogen (secondary N) is 1. The van der Waals surface area contributed by atoms with Gasteiger partial charge in [-0.05, 0) is 24.3 Å². The van der Waals surface area contributed by atoms with E-state index in [0.717, 1.165) is 5.75 Å². The van der Waals surface area contributed by atoms with E-state index in [4.69, 9.17) is 25.4 Å². The Morgan fingerprint density at radius 2 is 1.71 bits per heavy atom. The lowest BCUT2D eigenvalue weighted by Crippen LogP contribution is -2.14. The van der Waals surface area contributed by atoms with Crippen LogP contribution in [0.15, 0.2) is 24.3 Å². The number of methoxy groups -OCH3 is 1. The van der Waals surface area contributed by atoms with Crippen molar-refractivity contribution in [2.45, 2.75) is 5.24 Å². The Morgan fingerprint density at radius 3 is 2.12 bits per heavy atom. The first-order valence-electron chi connectivity index (χ1n) is 4.81. The van der Waals surface area contributed by atoms with Gasteiger partial charge in [-0.15, -0.1) is 0 Å². The molecule has 0 aliphatic rings. The van der Waals surface area contributed by atoms with Gasteiger partial charge in [0.25, 0.3) is 0 Å². The third kappa shape index (κ3) is 3.61. The molecule has 0 saturated heterocycles. The van der Waals surface area contributed by atoms with E-state index < -0.39 is 12.8 Å². The topological polar surface area (TPSA) is 56.8 Å². The van der Waals surface area contributed by atoms with E-state index in [2.05, 4.69) is 5.32 Å². The first-order valence-corrected chi connectivity index (χ1v) is 6.86. The van der Waals surface area contributed by atoms with Gasteiger partial charge in [-0.3, -0.25) is 4.57 Å². The van der Waals surface area contributed by atoms with Gasteiger partial charge in [0.15, 0.2) is 0 Å². The molecule has 0 spiro atoms. The molecule has 0 fully saturated rings. The number of anilines is 1. The highest BCUT2D eigenvalue weighted by Gasteiger charge is 2.32. The second-order valence-electron chi connectivity index (χ2n) is 3.11. The summed E-state index contributed by atoms with van der Waals surface area (Å²) in [5.74, 6) is 0.725. The van der Waals surface area contributed by atoms with Crippen molar-refractivity contribution in [2.75, 3.05) is 26.6 Å². The van der Waals surface area contributed by atoms with E-state index in [0.29, 0.717) is 5.69 Å². The maximum absolute atomic E-state index is 11.9. The molecule has 0 saturated carbocycles. The summed E-state index contributed by atoms with van der Waals surface area (Å²) in [6, 6.07) is 7.03. The van der Waals surface area contributed by atoms with E-state index >= 15 is 0 Å². The summed E-state index contributed by atoms with van der Waals surface area (Å²) in [5, 5.41) is 1.88. The van der Waals surface area contributed by atoms with Crippen LogP contribution in [0.4, 0.5) is 5.69 Å². The Morgan fingerprint density at radius 1 is 1.18 bits per heavy atom. The van der Waals surface area contributed by atoms with Gasteiger partial charge in [-0.2, -0.15) is 0 Å². The van der Waals surface area contributed by atoms with Gasteiger partial charge in [0.2, 0.25) is 5.24 Å². The first-order chi connectivity index (χ1) is 8.05. The highest BCUT2D eigenvalue weighted by Crippen LogP contribution is 2.53. The molecule has 7 heteroatoms. The van der Waals surface area contributed by atoms with Crippen molar-refractivity contribution in [3.05, 3.63) is 24.3 Å². The van der Waals surface area contributed by atoms with Crippen LogP contribution in [0, 0.1) is 0 Å². The van der Waals surface area contributed by atoms with Crippen molar-refractivity contribution in [1.29, 1.82) is 0 Å². The number of rotatable bonds is 6. The van der Waals surface area contributed by atoms with Gasteiger partial charge in [-0.25, -0.2) is 0 Å². The minimum Gasteiger partial charge on any atom is -0.497 e. The number of alkyl halides is 1. The van der Waals surface area contributed by atoms with Crippen molar-refractivity contribution in [3.8, 4) is 5.75 Å². The van der Waals surface area contributed by atoms with Crippen LogP contribution in [0.5, 0.6) is 5.75 Å². The SMILES string of the molecule is COc1ccc(N[C@@H](Cl)P(=O)(OC)OC)cc1. The van der Waals surface area contributed by atoms with E-state index in [9.17, 15) is 4.57 Å². The molecule has 0 heterocycles. The van der Waals surface area contributed by atoms with Crippen molar-refractivity contribution in [1.82, 2.24) is 0 Å². The Bertz CT molecular complexity index is 390. The molecule has 5 nitrogen and oxygen atoms in total. The zero-order valence-corrected chi connectivity index (χ0v) is 11.5. The molecular formula is C10H15ClNO4P. The Balaban J connectivity index is 2.73. The summed E-state index contributed by atoms with van der Waals surface area (Å²) in [7, 11) is 0.821. The molecule has 1 aromatic carbocycles. The summed E-state index contributed by atoms with van der Waals surface area (Å²) in [4.78, 5) is 0. The van der Waals surface area contributed by atoms with Crippen LogP contribution in [0.2, 0.25) is 0 Å². The number of hydrogen-bond acceptors (Lipinski definition) is 5. The normalized spacial score (nSPS) is 13.2. The number of halogens is 1. The molecule has 1 atom stereocenters. The molecule has 0 radical (unpaired) electrons. The molecule has 0 bridgehead atoms. The second kappa shape index (κ2) is 6.26. The van der Waals surface area contributed by atoms with Gasteiger partial charge in [-0.1, -0.05) is 11.6 Å². The number of ether oxygens (including phenoxy) is 1. The molecule has 1 aromatic rings. The smallest absolute Gasteiger partial charge is 0.367 e. The van der Waals surface area contributed by atoms with Crippen molar-refractivity contribution >= 4 is 24.9 Å². The average Bonchev–Trinajstić information content (AvgIpc) is 2.38. The van der Waals surface area contributed by atoms with Gasteiger partial charge in [0.1, 0.15) is 5.75 Å². The van der Waals surface area contributed by atoms with Crippen molar-refractivity contribution in [3.63, 3.8) is 0 Å². The zero-order chi connectivity index (χ0) is 12.9. The molecule has 96 valence electrons. The third-order valence-corrected chi connectivity index (χ3v) is 4.69. The average molecular weight is 280 g/mol. The Hall–Kier alpha value is -0.740. The van der Waals surface area contributed by atoms with Crippen LogP contribution < -0.4 is 10.1 Å². The largest absolute Gasteiger partial charge is 0.497 e. The lowest BCUT2D eigenvalue weighted by Gasteiger charge is -2.20. The van der Waals surface area contributed by atoms with Crippen molar-refractivity contribution in [2.24, 2.45) is 0 Å². The van der Waals surface area contributed by atoms with Crippen LogP contribution >= 0.6 is 19.2 Å². The molecule has 0 aliphatic carbocycles.